The van der Waals surface area contributed by atoms with Gasteiger partial charge >= 0.3 is 0 Å². The Morgan fingerprint density at radius 1 is 1.14 bits per heavy atom. The third kappa shape index (κ3) is 5.42. The Bertz CT molecular complexity index is 641. The van der Waals surface area contributed by atoms with Crippen LogP contribution in [0, 0.1) is 23.2 Å². The molecule has 0 saturated heterocycles. The van der Waals surface area contributed by atoms with E-state index in [1.807, 2.05) is 13.8 Å². The summed E-state index contributed by atoms with van der Waals surface area (Å²) >= 11 is 0. The minimum atomic E-state index is -0.660. The first-order chi connectivity index (χ1) is 13.6. The van der Waals surface area contributed by atoms with Crippen molar-refractivity contribution in [3.8, 4) is 0 Å². The van der Waals surface area contributed by atoms with Crippen LogP contribution in [0.15, 0.2) is 35.5 Å². The fourth-order valence-corrected chi connectivity index (χ4v) is 5.95. The molecule has 164 valence electrons. The predicted molar refractivity (Wildman–Crippen MR) is 119 cm³/mol. The second kappa shape index (κ2) is 9.08. The summed E-state index contributed by atoms with van der Waals surface area (Å²) in [5, 5.41) is 30.0. The second-order valence-electron chi connectivity index (χ2n) is 10.8. The summed E-state index contributed by atoms with van der Waals surface area (Å²) in [5.74, 6) is 1.55. The molecule has 0 unspecified atom stereocenters. The van der Waals surface area contributed by atoms with Crippen LogP contribution in [0.5, 0.6) is 0 Å². The Labute approximate surface area is 177 Å². The monoisotopic (exact) mass is 402 g/mol. The fourth-order valence-electron chi connectivity index (χ4n) is 5.95. The molecule has 3 fully saturated rings. The number of aliphatic hydroxyl groups excluding tert-OH is 2. The molecule has 3 rings (SSSR count). The molecule has 3 heteroatoms. The smallest absolute Gasteiger partial charge is 0.0651 e. The molecule has 0 aromatic rings. The van der Waals surface area contributed by atoms with Gasteiger partial charge in [-0.3, -0.25) is 0 Å². The summed E-state index contributed by atoms with van der Waals surface area (Å²) in [4.78, 5) is 0. The maximum atomic E-state index is 10.2. The molecule has 3 N–H and O–H groups in total. The van der Waals surface area contributed by atoms with E-state index in [1.165, 1.54) is 37.7 Å². The largest absolute Gasteiger partial charge is 0.393 e. The van der Waals surface area contributed by atoms with E-state index in [0.717, 1.165) is 6.42 Å². The fraction of sp³-hybridized carbons (Fsp3) is 0.769. The summed E-state index contributed by atoms with van der Waals surface area (Å²) in [6.45, 7) is 8.35. The van der Waals surface area contributed by atoms with Crippen molar-refractivity contribution in [2.75, 3.05) is 0 Å². The van der Waals surface area contributed by atoms with Crippen molar-refractivity contribution in [3.05, 3.63) is 35.5 Å². The molecule has 3 aliphatic rings. The number of allylic oxidation sites excluding steroid dienone is 4. The minimum Gasteiger partial charge on any atom is -0.393 e. The Kier molecular flexibility index (Phi) is 7.13. The number of fused-ring (bicyclic) bond motifs is 1. The zero-order valence-corrected chi connectivity index (χ0v) is 18.9. The molecule has 3 nitrogen and oxygen atoms in total. The molecule has 0 heterocycles. The van der Waals surface area contributed by atoms with Crippen LogP contribution in [0.4, 0.5) is 0 Å². The molecule has 0 aromatic carbocycles. The van der Waals surface area contributed by atoms with Gasteiger partial charge in [0, 0.05) is 5.92 Å². The normalized spacial score (nSPS) is 38.4. The van der Waals surface area contributed by atoms with E-state index >= 15 is 0 Å². The summed E-state index contributed by atoms with van der Waals surface area (Å²) in [6.07, 6.45) is 17.6. The first-order valence-electron chi connectivity index (χ1n) is 11.7. The zero-order chi connectivity index (χ0) is 21.2. The highest BCUT2D eigenvalue weighted by Gasteiger charge is 2.48. The Balaban J connectivity index is 1.67. The SMILES string of the molecule is C[C@@H](/C=C/C[C@H]1CC[C@H]2/C(=C/C=C3C[C@@H](O)C[C@H](O)C3)CCC[C@]12C)C(C)(C)O. The van der Waals surface area contributed by atoms with E-state index in [2.05, 4.69) is 38.2 Å². The number of hydrogen-bond acceptors (Lipinski definition) is 3. The molecule has 29 heavy (non-hydrogen) atoms. The van der Waals surface area contributed by atoms with Crippen molar-refractivity contribution in [1.82, 2.24) is 0 Å². The number of aliphatic hydroxyl groups is 3. The maximum absolute atomic E-state index is 10.2. The van der Waals surface area contributed by atoms with Crippen LogP contribution >= 0.6 is 0 Å². The van der Waals surface area contributed by atoms with Gasteiger partial charge in [0.1, 0.15) is 0 Å². The summed E-state index contributed by atoms with van der Waals surface area (Å²) in [7, 11) is 0. The highest BCUT2D eigenvalue weighted by atomic mass is 16.3. The lowest BCUT2D eigenvalue weighted by atomic mass is 9.63. The van der Waals surface area contributed by atoms with Crippen LogP contribution in [0.2, 0.25) is 0 Å². The van der Waals surface area contributed by atoms with E-state index in [-0.39, 0.29) is 5.92 Å². The van der Waals surface area contributed by atoms with Gasteiger partial charge in [0.15, 0.2) is 0 Å². The first kappa shape index (κ1) is 22.8. The standard InChI is InChI=1S/C26H42O3/c1-18(25(2,3)29)7-5-9-21-12-13-24-20(8-6-14-26(21,24)4)11-10-19-15-22(27)17-23(28)16-19/h5,7,10-11,18,21-24,27-29H,6,8-9,12-17H2,1-4H3/b7-5+,20-11+/t18-,21-,22+,23+,24-,26+/m0/s1. The predicted octanol–water partition coefficient (Wildman–Crippen LogP) is 5.31. The molecular formula is C26H42O3. The lowest BCUT2D eigenvalue weighted by Gasteiger charge is -2.42. The van der Waals surface area contributed by atoms with Crippen LogP contribution in [0.3, 0.4) is 0 Å². The van der Waals surface area contributed by atoms with Crippen LogP contribution < -0.4 is 0 Å². The van der Waals surface area contributed by atoms with Gasteiger partial charge in [0.05, 0.1) is 17.8 Å². The third-order valence-electron chi connectivity index (χ3n) is 8.19. The lowest BCUT2D eigenvalue weighted by Crippen LogP contribution is -2.33. The lowest BCUT2D eigenvalue weighted by molar-refractivity contribution is 0.0438. The van der Waals surface area contributed by atoms with Gasteiger partial charge in [0.2, 0.25) is 0 Å². The van der Waals surface area contributed by atoms with E-state index in [0.29, 0.717) is 36.5 Å². The third-order valence-corrected chi connectivity index (χ3v) is 8.19. The number of hydrogen-bond donors (Lipinski definition) is 3. The Morgan fingerprint density at radius 3 is 2.48 bits per heavy atom. The molecule has 3 aliphatic carbocycles. The van der Waals surface area contributed by atoms with Crippen LogP contribution in [-0.2, 0) is 0 Å². The minimum absolute atomic E-state index is 0.169. The van der Waals surface area contributed by atoms with Gasteiger partial charge in [-0.15, -0.1) is 0 Å². The van der Waals surface area contributed by atoms with Gasteiger partial charge in [-0.05, 0) is 88.9 Å². The molecule has 0 aromatic heterocycles. The Morgan fingerprint density at radius 2 is 1.83 bits per heavy atom. The molecule has 0 radical (unpaired) electrons. The summed E-state index contributed by atoms with van der Waals surface area (Å²) in [6, 6.07) is 0. The second-order valence-corrected chi connectivity index (χ2v) is 10.8. The molecule has 3 saturated carbocycles. The van der Waals surface area contributed by atoms with Crippen molar-refractivity contribution in [3.63, 3.8) is 0 Å². The van der Waals surface area contributed by atoms with Crippen molar-refractivity contribution >= 4 is 0 Å². The topological polar surface area (TPSA) is 60.7 Å². The molecule has 6 atom stereocenters. The van der Waals surface area contributed by atoms with Crippen molar-refractivity contribution in [2.45, 2.75) is 103 Å². The average Bonchev–Trinajstić information content (AvgIpc) is 2.95. The summed E-state index contributed by atoms with van der Waals surface area (Å²) in [5.41, 5.74) is 2.48. The van der Waals surface area contributed by atoms with E-state index in [9.17, 15) is 15.3 Å². The average molecular weight is 403 g/mol. The highest BCUT2D eigenvalue weighted by Crippen LogP contribution is 2.58. The van der Waals surface area contributed by atoms with Gasteiger partial charge in [-0.1, -0.05) is 49.3 Å². The molecule has 0 aliphatic heterocycles. The summed E-state index contributed by atoms with van der Waals surface area (Å²) < 4.78 is 0. The van der Waals surface area contributed by atoms with E-state index in [4.69, 9.17) is 0 Å². The van der Waals surface area contributed by atoms with Gasteiger partial charge < -0.3 is 15.3 Å². The first-order valence-corrected chi connectivity index (χ1v) is 11.7. The van der Waals surface area contributed by atoms with Crippen molar-refractivity contribution < 1.29 is 15.3 Å². The molecular weight excluding hydrogens is 360 g/mol. The van der Waals surface area contributed by atoms with Crippen LogP contribution in [0.1, 0.15) is 85.5 Å². The van der Waals surface area contributed by atoms with Gasteiger partial charge in [-0.25, -0.2) is 0 Å². The van der Waals surface area contributed by atoms with Crippen molar-refractivity contribution in [1.29, 1.82) is 0 Å². The molecule has 0 spiro atoms. The van der Waals surface area contributed by atoms with Gasteiger partial charge in [-0.2, -0.15) is 0 Å². The maximum Gasteiger partial charge on any atom is 0.0651 e. The van der Waals surface area contributed by atoms with Crippen molar-refractivity contribution in [2.24, 2.45) is 23.2 Å². The highest BCUT2D eigenvalue weighted by molar-refractivity contribution is 5.26. The molecule has 0 amide bonds. The number of rotatable bonds is 5. The van der Waals surface area contributed by atoms with Gasteiger partial charge in [0.25, 0.3) is 0 Å². The Hall–Kier alpha value is -0.900. The van der Waals surface area contributed by atoms with Crippen LogP contribution in [0.25, 0.3) is 0 Å². The van der Waals surface area contributed by atoms with E-state index < -0.39 is 17.8 Å². The van der Waals surface area contributed by atoms with E-state index in [1.54, 1.807) is 5.57 Å². The molecule has 0 bridgehead atoms. The quantitative estimate of drug-likeness (QED) is 0.546. The van der Waals surface area contributed by atoms with Crippen LogP contribution in [-0.4, -0.2) is 33.1 Å². The zero-order valence-electron chi connectivity index (χ0n) is 18.9.